The first-order valence-corrected chi connectivity index (χ1v) is 5.33. The number of benzene rings is 1. The van der Waals surface area contributed by atoms with Crippen molar-refractivity contribution < 1.29 is 22.6 Å². The molecule has 2 N–H and O–H groups in total. The maximum absolute atomic E-state index is 12.4. The van der Waals surface area contributed by atoms with E-state index in [1.54, 1.807) is 19.1 Å². The topological polar surface area (TPSA) is 44.5 Å². The van der Waals surface area contributed by atoms with Crippen molar-refractivity contribution in [3.63, 3.8) is 0 Å². The highest BCUT2D eigenvalue weighted by atomic mass is 35.5. The van der Waals surface area contributed by atoms with E-state index in [9.17, 15) is 13.2 Å². The summed E-state index contributed by atoms with van der Waals surface area (Å²) < 4.78 is 47.3. The highest BCUT2D eigenvalue weighted by Crippen LogP contribution is 2.38. The van der Waals surface area contributed by atoms with Crippen molar-refractivity contribution in [3.05, 3.63) is 23.3 Å². The smallest absolute Gasteiger partial charge is 0.390 e. The second-order valence-electron chi connectivity index (χ2n) is 4.01. The molecular formula is C12H17ClF3NO2. The molecule has 110 valence electrons. The van der Waals surface area contributed by atoms with Gasteiger partial charge in [-0.15, -0.1) is 12.4 Å². The molecule has 0 heterocycles. The Morgan fingerprint density at radius 1 is 1.16 bits per heavy atom. The molecular weight excluding hydrogens is 283 g/mol. The van der Waals surface area contributed by atoms with Gasteiger partial charge >= 0.3 is 6.18 Å². The zero-order chi connectivity index (χ0) is 13.9. The Balaban J connectivity index is 0.00000324. The van der Waals surface area contributed by atoms with Crippen LogP contribution in [0.4, 0.5) is 13.2 Å². The third-order valence-electron chi connectivity index (χ3n) is 2.51. The molecule has 0 fully saturated rings. The van der Waals surface area contributed by atoms with Gasteiger partial charge in [0.1, 0.15) is 11.5 Å². The van der Waals surface area contributed by atoms with Crippen LogP contribution in [0.2, 0.25) is 0 Å². The molecule has 0 aliphatic carbocycles. The number of methoxy groups -OCH3 is 2. The summed E-state index contributed by atoms with van der Waals surface area (Å²) in [7, 11) is 2.77. The van der Waals surface area contributed by atoms with Crippen molar-refractivity contribution in [2.45, 2.75) is 25.6 Å². The fourth-order valence-electron chi connectivity index (χ4n) is 1.79. The van der Waals surface area contributed by atoms with Crippen LogP contribution in [0.25, 0.3) is 0 Å². The quantitative estimate of drug-likeness (QED) is 0.927. The normalized spacial score (nSPS) is 12.6. The predicted molar refractivity (Wildman–Crippen MR) is 69.1 cm³/mol. The summed E-state index contributed by atoms with van der Waals surface area (Å²) in [6.07, 6.45) is -5.46. The minimum Gasteiger partial charge on any atom is -0.496 e. The molecule has 0 saturated carbocycles. The van der Waals surface area contributed by atoms with Crippen LogP contribution in [0.3, 0.4) is 0 Å². The number of hydrogen-bond acceptors (Lipinski definition) is 3. The Bertz CT molecular complexity index is 399. The molecule has 3 nitrogen and oxygen atoms in total. The molecule has 1 atom stereocenters. The first kappa shape index (κ1) is 17.9. The first-order valence-electron chi connectivity index (χ1n) is 5.33. The van der Waals surface area contributed by atoms with Crippen LogP contribution >= 0.6 is 12.4 Å². The SMILES string of the molecule is COc1cc(C)cc(OC)c1[C@H](N)CC(F)(F)F.Cl. The summed E-state index contributed by atoms with van der Waals surface area (Å²) in [5, 5.41) is 0. The van der Waals surface area contributed by atoms with Gasteiger partial charge in [0.25, 0.3) is 0 Å². The van der Waals surface area contributed by atoms with Gasteiger partial charge in [0, 0.05) is 6.04 Å². The summed E-state index contributed by atoms with van der Waals surface area (Å²) in [5.41, 5.74) is 6.67. The van der Waals surface area contributed by atoms with Gasteiger partial charge in [0.2, 0.25) is 0 Å². The minimum atomic E-state index is -4.33. The largest absolute Gasteiger partial charge is 0.496 e. The highest BCUT2D eigenvalue weighted by molar-refractivity contribution is 5.85. The van der Waals surface area contributed by atoms with Gasteiger partial charge in [-0.3, -0.25) is 0 Å². The second kappa shape index (κ2) is 6.86. The Kier molecular flexibility index (Phi) is 6.45. The average molecular weight is 300 g/mol. The molecule has 0 amide bonds. The number of hydrogen-bond donors (Lipinski definition) is 1. The van der Waals surface area contributed by atoms with E-state index in [2.05, 4.69) is 0 Å². The van der Waals surface area contributed by atoms with Gasteiger partial charge in [-0.1, -0.05) is 0 Å². The summed E-state index contributed by atoms with van der Waals surface area (Å²) in [6, 6.07) is 2.05. The molecule has 1 aromatic carbocycles. The molecule has 1 rings (SSSR count). The van der Waals surface area contributed by atoms with Crippen LogP contribution in [0.1, 0.15) is 23.6 Å². The van der Waals surface area contributed by atoms with Crippen LogP contribution in [-0.4, -0.2) is 20.4 Å². The van der Waals surface area contributed by atoms with E-state index in [0.29, 0.717) is 11.5 Å². The molecule has 7 heteroatoms. The van der Waals surface area contributed by atoms with Crippen molar-refractivity contribution >= 4 is 12.4 Å². The fraction of sp³-hybridized carbons (Fsp3) is 0.500. The van der Waals surface area contributed by atoms with Crippen molar-refractivity contribution in [2.75, 3.05) is 14.2 Å². The van der Waals surface area contributed by atoms with E-state index >= 15 is 0 Å². The lowest BCUT2D eigenvalue weighted by Crippen LogP contribution is -2.21. The Morgan fingerprint density at radius 2 is 1.58 bits per heavy atom. The van der Waals surface area contributed by atoms with Crippen LogP contribution in [0, 0.1) is 6.92 Å². The molecule has 0 aliphatic heterocycles. The zero-order valence-corrected chi connectivity index (χ0v) is 11.7. The summed E-state index contributed by atoms with van der Waals surface area (Å²) in [6.45, 7) is 1.80. The van der Waals surface area contributed by atoms with E-state index < -0.39 is 18.6 Å². The summed E-state index contributed by atoms with van der Waals surface area (Å²) in [5.74, 6) is 0.618. The first-order chi connectivity index (χ1) is 8.28. The molecule has 0 bridgehead atoms. The van der Waals surface area contributed by atoms with E-state index in [4.69, 9.17) is 15.2 Å². The van der Waals surface area contributed by atoms with Gasteiger partial charge in [-0.25, -0.2) is 0 Å². The standard InChI is InChI=1S/C12H16F3NO2.ClH/c1-7-4-9(17-2)11(10(5-7)18-3)8(16)6-12(13,14)15;/h4-5,8H,6,16H2,1-3H3;1H/t8-;/m1./s1. The number of rotatable bonds is 4. The van der Waals surface area contributed by atoms with Crippen LogP contribution in [0.5, 0.6) is 11.5 Å². The summed E-state index contributed by atoms with van der Waals surface area (Å²) >= 11 is 0. The van der Waals surface area contributed by atoms with E-state index in [1.807, 2.05) is 0 Å². The molecule has 0 spiro atoms. The highest BCUT2D eigenvalue weighted by Gasteiger charge is 2.33. The number of aryl methyl sites for hydroxylation is 1. The van der Waals surface area contributed by atoms with Gasteiger partial charge in [-0.05, 0) is 24.6 Å². The lowest BCUT2D eigenvalue weighted by atomic mass is 10.00. The van der Waals surface area contributed by atoms with Gasteiger partial charge in [0.05, 0.1) is 26.2 Å². The van der Waals surface area contributed by atoms with Gasteiger partial charge in [-0.2, -0.15) is 13.2 Å². The van der Waals surface area contributed by atoms with Crippen molar-refractivity contribution in [2.24, 2.45) is 5.73 Å². The predicted octanol–water partition coefficient (Wildman–Crippen LogP) is 3.39. The number of halogens is 4. The van der Waals surface area contributed by atoms with Crippen LogP contribution in [-0.2, 0) is 0 Å². The Morgan fingerprint density at radius 3 is 1.89 bits per heavy atom. The molecule has 19 heavy (non-hydrogen) atoms. The molecule has 0 aliphatic rings. The molecule has 1 aromatic rings. The third kappa shape index (κ3) is 4.80. The van der Waals surface area contributed by atoms with Crippen molar-refractivity contribution in [1.29, 1.82) is 0 Å². The lowest BCUT2D eigenvalue weighted by Gasteiger charge is -2.20. The Labute approximate surface area is 116 Å². The zero-order valence-electron chi connectivity index (χ0n) is 10.9. The molecule has 0 unspecified atom stereocenters. The maximum Gasteiger partial charge on any atom is 0.390 e. The fourth-order valence-corrected chi connectivity index (χ4v) is 1.79. The Hall–Kier alpha value is -1.14. The van der Waals surface area contributed by atoms with Crippen molar-refractivity contribution in [1.82, 2.24) is 0 Å². The van der Waals surface area contributed by atoms with Crippen LogP contribution in [0.15, 0.2) is 12.1 Å². The third-order valence-corrected chi connectivity index (χ3v) is 2.51. The van der Waals surface area contributed by atoms with E-state index in [-0.39, 0.29) is 18.0 Å². The van der Waals surface area contributed by atoms with Crippen LogP contribution < -0.4 is 15.2 Å². The average Bonchev–Trinajstić information content (AvgIpc) is 2.24. The molecule has 0 aromatic heterocycles. The lowest BCUT2D eigenvalue weighted by molar-refractivity contribution is -0.138. The number of nitrogens with two attached hydrogens (primary N) is 1. The van der Waals surface area contributed by atoms with E-state index in [1.165, 1.54) is 14.2 Å². The number of alkyl halides is 3. The maximum atomic E-state index is 12.4. The van der Waals surface area contributed by atoms with E-state index in [0.717, 1.165) is 5.56 Å². The molecule has 0 saturated heterocycles. The van der Waals surface area contributed by atoms with Crippen molar-refractivity contribution in [3.8, 4) is 11.5 Å². The summed E-state index contributed by atoms with van der Waals surface area (Å²) in [4.78, 5) is 0. The van der Waals surface area contributed by atoms with Gasteiger partial charge in [0.15, 0.2) is 0 Å². The molecule has 0 radical (unpaired) electrons. The van der Waals surface area contributed by atoms with Gasteiger partial charge < -0.3 is 15.2 Å². The second-order valence-corrected chi connectivity index (χ2v) is 4.01. The number of ether oxygens (including phenoxy) is 2. The minimum absolute atomic E-state index is 0. The monoisotopic (exact) mass is 299 g/mol.